The topological polar surface area (TPSA) is 62.3 Å². The zero-order valence-electron chi connectivity index (χ0n) is 19.5. The lowest BCUT2D eigenvalue weighted by molar-refractivity contribution is -0.155. The van der Waals surface area contributed by atoms with Crippen molar-refractivity contribution in [1.29, 1.82) is 0 Å². The molecule has 3 aromatic rings. The number of benzene rings is 2. The number of hydrogen-bond donors (Lipinski definition) is 1. The predicted molar refractivity (Wildman–Crippen MR) is 127 cm³/mol. The van der Waals surface area contributed by atoms with Crippen LogP contribution in [0.3, 0.4) is 0 Å². The Morgan fingerprint density at radius 3 is 2.17 bits per heavy atom. The van der Waals surface area contributed by atoms with Crippen LogP contribution >= 0.6 is 0 Å². The average Bonchev–Trinajstić information content (AvgIpc) is 3.37. The van der Waals surface area contributed by atoms with Crippen LogP contribution in [0.25, 0.3) is 11.1 Å². The van der Waals surface area contributed by atoms with Gasteiger partial charge in [0.05, 0.1) is 0 Å². The number of nitrogens with zero attached hydrogens (tertiary/aromatic N) is 2. The van der Waals surface area contributed by atoms with Gasteiger partial charge in [-0.05, 0) is 62.1 Å². The van der Waals surface area contributed by atoms with E-state index in [1.54, 1.807) is 17.9 Å². The van der Waals surface area contributed by atoms with E-state index in [1.165, 1.54) is 24.3 Å². The lowest BCUT2D eigenvalue weighted by Gasteiger charge is -2.22. The Bertz CT molecular complexity index is 1220. The molecule has 1 aliphatic rings. The second kappa shape index (κ2) is 9.90. The standard InChI is InChI=1S/C27H26F3N3O2/c1-17-5-8-19(9-6-17)21-13-22(15-23(14-21)26(35)33-11-3-4-12-33)25(34)32-24(27(28,29)30)20-10-7-18(2)31-16-20/h5-10,13-16,24H,3-4,11-12H2,1-2H3,(H,32,34). The number of pyridine rings is 1. The molecule has 2 amide bonds. The first-order chi connectivity index (χ1) is 16.6. The monoisotopic (exact) mass is 481 g/mol. The van der Waals surface area contributed by atoms with Crippen LogP contribution in [-0.4, -0.2) is 41.0 Å². The van der Waals surface area contributed by atoms with E-state index in [2.05, 4.69) is 10.3 Å². The lowest BCUT2D eigenvalue weighted by Crippen LogP contribution is -2.38. The molecule has 2 heterocycles. The normalized spacial score (nSPS) is 14.6. The minimum Gasteiger partial charge on any atom is -0.339 e. The van der Waals surface area contributed by atoms with Crippen molar-refractivity contribution in [2.45, 2.75) is 38.9 Å². The van der Waals surface area contributed by atoms with Crippen molar-refractivity contribution in [3.05, 3.63) is 88.7 Å². The summed E-state index contributed by atoms with van der Waals surface area (Å²) >= 11 is 0. The molecule has 1 atom stereocenters. The third-order valence-electron chi connectivity index (χ3n) is 6.09. The number of likely N-dealkylation sites (tertiary alicyclic amines) is 1. The van der Waals surface area contributed by atoms with Gasteiger partial charge in [0.1, 0.15) is 0 Å². The van der Waals surface area contributed by atoms with Gasteiger partial charge in [0.2, 0.25) is 0 Å². The van der Waals surface area contributed by atoms with Crippen molar-refractivity contribution in [2.24, 2.45) is 0 Å². The summed E-state index contributed by atoms with van der Waals surface area (Å²) < 4.78 is 41.6. The smallest absolute Gasteiger partial charge is 0.339 e. The largest absolute Gasteiger partial charge is 0.412 e. The maximum Gasteiger partial charge on any atom is 0.412 e. The molecule has 8 heteroatoms. The van der Waals surface area contributed by atoms with E-state index >= 15 is 0 Å². The van der Waals surface area contributed by atoms with Crippen molar-refractivity contribution in [1.82, 2.24) is 15.2 Å². The Hall–Kier alpha value is -3.68. The van der Waals surface area contributed by atoms with E-state index < -0.39 is 18.1 Å². The van der Waals surface area contributed by atoms with Gasteiger partial charge in [0.15, 0.2) is 6.04 Å². The molecule has 1 fully saturated rings. The highest BCUT2D eigenvalue weighted by Gasteiger charge is 2.42. The third-order valence-corrected chi connectivity index (χ3v) is 6.09. The number of halogens is 3. The van der Waals surface area contributed by atoms with Gasteiger partial charge in [-0.1, -0.05) is 35.9 Å². The Labute approximate surface area is 202 Å². The van der Waals surface area contributed by atoms with Crippen LogP contribution in [0.4, 0.5) is 13.2 Å². The maximum atomic E-state index is 13.9. The number of rotatable bonds is 5. The highest BCUT2D eigenvalue weighted by atomic mass is 19.4. The van der Waals surface area contributed by atoms with Gasteiger partial charge in [-0.2, -0.15) is 13.2 Å². The van der Waals surface area contributed by atoms with E-state index in [1.807, 2.05) is 31.2 Å². The Morgan fingerprint density at radius 1 is 0.914 bits per heavy atom. The molecule has 1 aliphatic heterocycles. The summed E-state index contributed by atoms with van der Waals surface area (Å²) in [5.74, 6) is -1.15. The van der Waals surface area contributed by atoms with Crippen LogP contribution in [0.5, 0.6) is 0 Å². The summed E-state index contributed by atoms with van der Waals surface area (Å²) in [5, 5.41) is 2.10. The predicted octanol–water partition coefficient (Wildman–Crippen LogP) is 5.63. The van der Waals surface area contributed by atoms with Crippen LogP contribution in [-0.2, 0) is 0 Å². The molecule has 5 nitrogen and oxygen atoms in total. The number of alkyl halides is 3. The average molecular weight is 482 g/mol. The molecule has 0 saturated carbocycles. The number of aryl methyl sites for hydroxylation is 2. The first-order valence-corrected chi connectivity index (χ1v) is 11.4. The lowest BCUT2D eigenvalue weighted by atomic mass is 9.97. The maximum absolute atomic E-state index is 13.9. The zero-order chi connectivity index (χ0) is 25.2. The number of hydrogen-bond acceptors (Lipinski definition) is 3. The van der Waals surface area contributed by atoms with Gasteiger partial charge in [-0.25, -0.2) is 0 Å². The number of nitrogens with one attached hydrogen (secondary N) is 1. The van der Waals surface area contributed by atoms with Gasteiger partial charge in [-0.15, -0.1) is 0 Å². The van der Waals surface area contributed by atoms with E-state index in [0.29, 0.717) is 24.3 Å². The number of carbonyl (C=O) groups excluding carboxylic acids is 2. The van der Waals surface area contributed by atoms with Crippen LogP contribution in [0.15, 0.2) is 60.8 Å². The van der Waals surface area contributed by atoms with Gasteiger partial charge >= 0.3 is 6.18 Å². The fourth-order valence-corrected chi connectivity index (χ4v) is 4.12. The summed E-state index contributed by atoms with van der Waals surface area (Å²) in [6.45, 7) is 4.84. The molecule has 1 N–H and O–H groups in total. The van der Waals surface area contributed by atoms with Crippen LogP contribution in [0.1, 0.15) is 56.4 Å². The number of aromatic nitrogens is 1. The minimum absolute atomic E-state index is 0.0139. The second-order valence-corrected chi connectivity index (χ2v) is 8.85. The molecule has 0 radical (unpaired) electrons. The van der Waals surface area contributed by atoms with Gasteiger partial charge in [0.25, 0.3) is 11.8 Å². The highest BCUT2D eigenvalue weighted by molar-refractivity contribution is 6.01. The van der Waals surface area contributed by atoms with Crippen molar-refractivity contribution < 1.29 is 22.8 Å². The summed E-state index contributed by atoms with van der Waals surface area (Å²) in [4.78, 5) is 31.9. The van der Waals surface area contributed by atoms with E-state index in [4.69, 9.17) is 0 Å². The van der Waals surface area contributed by atoms with Gasteiger partial charge in [-0.3, -0.25) is 14.6 Å². The van der Waals surface area contributed by atoms with Crippen molar-refractivity contribution >= 4 is 11.8 Å². The fourth-order valence-electron chi connectivity index (χ4n) is 4.12. The minimum atomic E-state index is -4.73. The van der Waals surface area contributed by atoms with Crippen LogP contribution in [0.2, 0.25) is 0 Å². The molecule has 1 saturated heterocycles. The third kappa shape index (κ3) is 5.70. The molecule has 182 valence electrons. The molecule has 0 bridgehead atoms. The van der Waals surface area contributed by atoms with Crippen LogP contribution in [0, 0.1) is 13.8 Å². The molecular weight excluding hydrogens is 455 g/mol. The molecule has 4 rings (SSSR count). The molecule has 0 aliphatic carbocycles. The SMILES string of the molecule is Cc1ccc(-c2cc(C(=O)NC(c3ccc(C)nc3)C(F)(F)F)cc(C(=O)N3CCCC3)c2)cc1. The van der Waals surface area contributed by atoms with E-state index in [-0.39, 0.29) is 22.6 Å². The zero-order valence-corrected chi connectivity index (χ0v) is 19.5. The fraction of sp³-hybridized carbons (Fsp3) is 0.296. The van der Waals surface area contributed by atoms with Gasteiger partial charge in [0, 0.05) is 41.7 Å². The Morgan fingerprint density at radius 2 is 1.57 bits per heavy atom. The molecule has 1 unspecified atom stereocenters. The quantitative estimate of drug-likeness (QED) is 0.513. The van der Waals surface area contributed by atoms with Crippen molar-refractivity contribution in [3.8, 4) is 11.1 Å². The van der Waals surface area contributed by atoms with Crippen molar-refractivity contribution in [2.75, 3.05) is 13.1 Å². The molecule has 1 aromatic heterocycles. The molecule has 2 aromatic carbocycles. The second-order valence-electron chi connectivity index (χ2n) is 8.85. The summed E-state index contributed by atoms with van der Waals surface area (Å²) in [7, 11) is 0. The summed E-state index contributed by atoms with van der Waals surface area (Å²) in [6.07, 6.45) is -1.82. The van der Waals surface area contributed by atoms with E-state index in [9.17, 15) is 22.8 Å². The van der Waals surface area contributed by atoms with Crippen molar-refractivity contribution in [3.63, 3.8) is 0 Å². The van der Waals surface area contributed by atoms with Crippen LogP contribution < -0.4 is 5.32 Å². The highest BCUT2D eigenvalue weighted by Crippen LogP contribution is 2.33. The summed E-state index contributed by atoms with van der Waals surface area (Å²) in [6, 6.07) is 12.6. The first kappa shape index (κ1) is 24.4. The molecule has 35 heavy (non-hydrogen) atoms. The molecular formula is C27H26F3N3O2. The molecule has 0 spiro atoms. The van der Waals surface area contributed by atoms with Gasteiger partial charge < -0.3 is 10.2 Å². The Balaban J connectivity index is 1.72. The first-order valence-electron chi connectivity index (χ1n) is 11.4. The van der Waals surface area contributed by atoms with E-state index in [0.717, 1.165) is 30.2 Å². The summed E-state index contributed by atoms with van der Waals surface area (Å²) in [5.41, 5.74) is 3.04. The Kier molecular flexibility index (Phi) is 6.91. The number of amides is 2. The number of carbonyl (C=O) groups is 2.